The maximum Gasteiger partial charge on any atom is 0.329 e. The number of hydrazone groups is 1. The lowest BCUT2D eigenvalue weighted by molar-refractivity contribution is -0.136. The van der Waals surface area contributed by atoms with Gasteiger partial charge >= 0.3 is 11.8 Å². The van der Waals surface area contributed by atoms with Gasteiger partial charge in [-0.25, -0.2) is 5.43 Å². The molecule has 0 bridgehead atoms. The number of carbonyl (C=O) groups excluding carboxylic acids is 3. The van der Waals surface area contributed by atoms with E-state index in [0.717, 1.165) is 5.56 Å². The summed E-state index contributed by atoms with van der Waals surface area (Å²) >= 11 is 6.09. The van der Waals surface area contributed by atoms with Crippen LogP contribution in [0.15, 0.2) is 78.4 Å². The first-order chi connectivity index (χ1) is 18.8. The molecule has 0 saturated heterocycles. The van der Waals surface area contributed by atoms with Crippen LogP contribution in [0.25, 0.3) is 0 Å². The standard InChI is InChI=1S/C28H27ClN4O6/c1-4-13-38-22-10-8-20(9-11-22)32-27(35)28(36)33-30-16-19-6-12-24(25(14-19)37-3)39-17-26(34)31-21-7-5-18(2)23(29)15-21/h4-12,14-16H,1,13,17H2,2-3H3,(H,31,34)(H,32,35)(H,33,36)/b30-16-. The van der Waals surface area contributed by atoms with Crippen LogP contribution in [0.4, 0.5) is 11.4 Å². The molecule has 0 atom stereocenters. The molecule has 0 aliphatic carbocycles. The minimum Gasteiger partial charge on any atom is -0.493 e. The second-order valence-electron chi connectivity index (χ2n) is 7.99. The summed E-state index contributed by atoms with van der Waals surface area (Å²) in [5, 5.41) is 9.53. The summed E-state index contributed by atoms with van der Waals surface area (Å²) in [5.74, 6) is -0.943. The quantitative estimate of drug-likeness (QED) is 0.141. The van der Waals surface area contributed by atoms with Crippen molar-refractivity contribution in [3.8, 4) is 17.2 Å². The number of aryl methyl sites for hydroxylation is 1. The van der Waals surface area contributed by atoms with Crippen molar-refractivity contribution in [3.05, 3.63) is 89.5 Å². The number of benzene rings is 3. The molecular weight excluding hydrogens is 524 g/mol. The summed E-state index contributed by atoms with van der Waals surface area (Å²) in [6.07, 6.45) is 2.95. The molecule has 39 heavy (non-hydrogen) atoms. The zero-order valence-electron chi connectivity index (χ0n) is 21.3. The maximum atomic E-state index is 12.3. The van der Waals surface area contributed by atoms with E-state index in [1.807, 2.05) is 6.92 Å². The fraction of sp³-hybridized carbons (Fsp3) is 0.143. The smallest absolute Gasteiger partial charge is 0.329 e. The summed E-state index contributed by atoms with van der Waals surface area (Å²) in [6, 6.07) is 16.5. The number of nitrogens with one attached hydrogen (secondary N) is 3. The normalized spacial score (nSPS) is 10.4. The van der Waals surface area contributed by atoms with Crippen LogP contribution in [0.2, 0.25) is 5.02 Å². The molecule has 3 amide bonds. The van der Waals surface area contributed by atoms with Crippen LogP contribution in [-0.2, 0) is 14.4 Å². The van der Waals surface area contributed by atoms with Crippen molar-refractivity contribution in [1.29, 1.82) is 0 Å². The Hall–Kier alpha value is -4.83. The van der Waals surface area contributed by atoms with Gasteiger partial charge in [-0.05, 0) is 72.6 Å². The van der Waals surface area contributed by atoms with E-state index < -0.39 is 11.8 Å². The van der Waals surface area contributed by atoms with E-state index in [1.165, 1.54) is 13.3 Å². The third-order valence-corrected chi connectivity index (χ3v) is 5.48. The van der Waals surface area contributed by atoms with Crippen LogP contribution in [0, 0.1) is 6.92 Å². The Balaban J connectivity index is 1.50. The van der Waals surface area contributed by atoms with E-state index in [-0.39, 0.29) is 12.5 Å². The molecule has 11 heteroatoms. The zero-order valence-corrected chi connectivity index (χ0v) is 22.1. The molecule has 0 fully saturated rings. The number of halogens is 1. The van der Waals surface area contributed by atoms with Crippen LogP contribution in [-0.4, -0.2) is 44.3 Å². The molecular formula is C28H27ClN4O6. The predicted octanol–water partition coefficient (Wildman–Crippen LogP) is 4.33. The number of rotatable bonds is 11. The van der Waals surface area contributed by atoms with Crippen LogP contribution >= 0.6 is 11.6 Å². The van der Waals surface area contributed by atoms with E-state index in [0.29, 0.717) is 45.8 Å². The summed E-state index contributed by atoms with van der Waals surface area (Å²) in [6.45, 7) is 5.54. The fourth-order valence-electron chi connectivity index (χ4n) is 3.09. The average Bonchev–Trinajstić information content (AvgIpc) is 2.93. The van der Waals surface area contributed by atoms with Crippen molar-refractivity contribution in [3.63, 3.8) is 0 Å². The minimum atomic E-state index is -0.953. The second-order valence-corrected chi connectivity index (χ2v) is 8.40. The molecule has 0 aliphatic rings. The van der Waals surface area contributed by atoms with Gasteiger partial charge in [0, 0.05) is 16.4 Å². The highest BCUT2D eigenvalue weighted by Crippen LogP contribution is 2.27. The Kier molecular flexibility index (Phi) is 10.5. The van der Waals surface area contributed by atoms with Gasteiger partial charge in [0.1, 0.15) is 12.4 Å². The lowest BCUT2D eigenvalue weighted by atomic mass is 10.2. The summed E-state index contributed by atoms with van der Waals surface area (Å²) in [4.78, 5) is 36.4. The molecule has 202 valence electrons. The van der Waals surface area contributed by atoms with Crippen LogP contribution in [0.1, 0.15) is 11.1 Å². The summed E-state index contributed by atoms with van der Waals surface area (Å²) < 4.78 is 16.3. The number of methoxy groups -OCH3 is 1. The van der Waals surface area contributed by atoms with E-state index in [1.54, 1.807) is 66.7 Å². The number of amides is 3. The first-order valence-corrected chi connectivity index (χ1v) is 12.0. The van der Waals surface area contributed by atoms with Crippen LogP contribution < -0.4 is 30.3 Å². The number of carbonyl (C=O) groups is 3. The van der Waals surface area contributed by atoms with Crippen molar-refractivity contribution in [2.24, 2.45) is 5.10 Å². The first-order valence-electron chi connectivity index (χ1n) is 11.6. The van der Waals surface area contributed by atoms with Crippen LogP contribution in [0.5, 0.6) is 17.2 Å². The third kappa shape index (κ3) is 8.90. The largest absolute Gasteiger partial charge is 0.493 e. The number of anilines is 2. The van der Waals surface area contributed by atoms with Crippen molar-refractivity contribution in [2.75, 3.05) is 31.0 Å². The Morgan fingerprint density at radius 1 is 0.923 bits per heavy atom. The van der Waals surface area contributed by atoms with Gasteiger partial charge in [0.15, 0.2) is 18.1 Å². The molecule has 0 aromatic heterocycles. The highest BCUT2D eigenvalue weighted by Gasteiger charge is 2.13. The Bertz CT molecular complexity index is 1370. The number of ether oxygens (including phenoxy) is 3. The third-order valence-electron chi connectivity index (χ3n) is 5.07. The molecule has 10 nitrogen and oxygen atoms in total. The molecule has 0 saturated carbocycles. The average molecular weight is 551 g/mol. The first kappa shape index (κ1) is 28.7. The zero-order chi connectivity index (χ0) is 28.2. The van der Waals surface area contributed by atoms with E-state index in [2.05, 4.69) is 27.7 Å². The minimum absolute atomic E-state index is 0.259. The molecule has 3 rings (SSSR count). The number of nitrogens with zero attached hydrogens (tertiary/aromatic N) is 1. The molecule has 0 radical (unpaired) electrons. The molecule has 3 N–H and O–H groups in total. The number of hydrogen-bond donors (Lipinski definition) is 3. The summed E-state index contributed by atoms with van der Waals surface area (Å²) in [5.41, 5.74) is 4.59. The van der Waals surface area contributed by atoms with Crippen LogP contribution in [0.3, 0.4) is 0 Å². The van der Waals surface area contributed by atoms with E-state index >= 15 is 0 Å². The topological polar surface area (TPSA) is 127 Å². The van der Waals surface area contributed by atoms with Crippen molar-refractivity contribution in [1.82, 2.24) is 5.43 Å². The SMILES string of the molecule is C=CCOc1ccc(NC(=O)C(=O)N/N=C\c2ccc(OCC(=O)Nc3ccc(C)c(Cl)c3)c(OC)c2)cc1. The van der Waals surface area contributed by atoms with E-state index in [9.17, 15) is 14.4 Å². The predicted molar refractivity (Wildman–Crippen MR) is 150 cm³/mol. The van der Waals surface area contributed by atoms with E-state index in [4.69, 9.17) is 25.8 Å². The Morgan fingerprint density at radius 2 is 1.67 bits per heavy atom. The second kappa shape index (κ2) is 14.2. The van der Waals surface area contributed by atoms with Crippen molar-refractivity contribution in [2.45, 2.75) is 6.92 Å². The van der Waals surface area contributed by atoms with Gasteiger partial charge in [-0.15, -0.1) is 0 Å². The lowest BCUT2D eigenvalue weighted by Crippen LogP contribution is -2.32. The van der Waals surface area contributed by atoms with Gasteiger partial charge in [0.25, 0.3) is 5.91 Å². The molecule has 0 heterocycles. The van der Waals surface area contributed by atoms with Gasteiger partial charge in [-0.3, -0.25) is 14.4 Å². The fourth-order valence-corrected chi connectivity index (χ4v) is 3.27. The maximum absolute atomic E-state index is 12.3. The van der Waals surface area contributed by atoms with Gasteiger partial charge < -0.3 is 24.8 Å². The molecule has 3 aromatic rings. The highest BCUT2D eigenvalue weighted by atomic mass is 35.5. The molecule has 0 spiro atoms. The van der Waals surface area contributed by atoms with Gasteiger partial charge in [-0.1, -0.05) is 30.3 Å². The lowest BCUT2D eigenvalue weighted by Gasteiger charge is -2.12. The van der Waals surface area contributed by atoms with Crippen molar-refractivity contribution < 1.29 is 28.6 Å². The van der Waals surface area contributed by atoms with Gasteiger partial charge in [0.2, 0.25) is 0 Å². The molecule has 3 aromatic carbocycles. The summed E-state index contributed by atoms with van der Waals surface area (Å²) in [7, 11) is 1.45. The van der Waals surface area contributed by atoms with Crippen molar-refractivity contribution >= 4 is 46.9 Å². The molecule has 0 unspecified atom stereocenters. The van der Waals surface area contributed by atoms with Gasteiger partial charge in [-0.2, -0.15) is 5.10 Å². The molecule has 0 aliphatic heterocycles. The highest BCUT2D eigenvalue weighted by molar-refractivity contribution is 6.39. The number of hydrogen-bond acceptors (Lipinski definition) is 7. The van der Waals surface area contributed by atoms with Gasteiger partial charge in [0.05, 0.1) is 13.3 Å². The Morgan fingerprint density at radius 3 is 2.36 bits per heavy atom. The monoisotopic (exact) mass is 550 g/mol. The Labute approximate surface area is 230 Å².